The Morgan fingerprint density at radius 3 is 0.455 bits per heavy atom. The zero-order valence-corrected chi connectivity index (χ0v) is 44.1. The summed E-state index contributed by atoms with van der Waals surface area (Å²) in [6, 6.07) is 0. The first-order chi connectivity index (χ1) is 32.8. The van der Waals surface area contributed by atoms with Gasteiger partial charge in [0.2, 0.25) is 0 Å². The largest absolute Gasteiger partial charge is 0.0533 e. The van der Waals surface area contributed by atoms with Crippen LogP contribution in [0.25, 0.3) is 0 Å². The topological polar surface area (TPSA) is 0 Å². The van der Waals surface area contributed by atoms with Crippen LogP contribution in [-0.2, 0) is 0 Å². The van der Waals surface area contributed by atoms with Crippen molar-refractivity contribution in [1.82, 2.24) is 0 Å². The highest BCUT2D eigenvalue weighted by atomic mass is 14.6. The molecule has 0 aromatic rings. The van der Waals surface area contributed by atoms with E-state index in [2.05, 4.69) is 0 Å². The van der Waals surface area contributed by atoms with Gasteiger partial charge in [-0.3, -0.25) is 0 Å². The summed E-state index contributed by atoms with van der Waals surface area (Å²) >= 11 is 0. The van der Waals surface area contributed by atoms with Gasteiger partial charge >= 0.3 is 0 Å². The lowest BCUT2D eigenvalue weighted by atomic mass is 9.43. The van der Waals surface area contributed by atoms with Crippen molar-refractivity contribution in [1.29, 1.82) is 0 Å². The molecule has 0 heterocycles. The molecule has 0 N–H and O–H groups in total. The molecule has 0 heteroatoms. The standard InChI is InChI=1S/C66H112/c1-9-25-47(26-10-1)57-45-58(48-27-11-2-12-28-48)62(52-35-19-6-20-36-52)65(61(57)51-33-17-5-18-34-51)55-41-43-56(44-42-55)66-63(53-37-21-7-22-38-53)59(49-29-13-3-14-30-49)46-60(50-31-15-4-16-32-50)64(66)54-39-23-8-24-40-54/h47-66H,1-46H2. The average molecular weight is 906 g/mol. The third-order valence-corrected chi connectivity index (χ3v) is 25.5. The first-order valence-electron chi connectivity index (χ1n) is 32.8. The summed E-state index contributed by atoms with van der Waals surface area (Å²) in [5, 5.41) is 0. The Morgan fingerprint density at radius 2 is 0.273 bits per heavy atom. The van der Waals surface area contributed by atoms with Crippen molar-refractivity contribution in [2.45, 2.75) is 295 Å². The highest BCUT2D eigenvalue weighted by molar-refractivity contribution is 5.07. The van der Waals surface area contributed by atoms with Gasteiger partial charge < -0.3 is 0 Å². The first-order valence-corrected chi connectivity index (χ1v) is 32.8. The highest BCUT2D eigenvalue weighted by Gasteiger charge is 2.58. The van der Waals surface area contributed by atoms with Crippen LogP contribution in [0.5, 0.6) is 0 Å². The molecule has 8 atom stereocenters. The van der Waals surface area contributed by atoms with Gasteiger partial charge in [-0.05, 0) is 157 Å². The van der Waals surface area contributed by atoms with Gasteiger partial charge in [-0.25, -0.2) is 0 Å². The highest BCUT2D eigenvalue weighted by Crippen LogP contribution is 2.66. The Labute approximate surface area is 411 Å². The maximum absolute atomic E-state index is 1.71. The van der Waals surface area contributed by atoms with Gasteiger partial charge in [0.05, 0.1) is 0 Å². The van der Waals surface area contributed by atoms with Gasteiger partial charge in [0.1, 0.15) is 0 Å². The first kappa shape index (κ1) is 48.3. The van der Waals surface area contributed by atoms with Gasteiger partial charge in [-0.2, -0.15) is 0 Å². The third-order valence-electron chi connectivity index (χ3n) is 25.5. The Hall–Kier alpha value is 0. The second-order valence-corrected chi connectivity index (χ2v) is 28.5. The minimum atomic E-state index is 1.07. The molecule has 11 fully saturated rings. The van der Waals surface area contributed by atoms with E-state index >= 15 is 0 Å². The Bertz CT molecular complexity index is 1170. The smallest absolute Gasteiger partial charge is 0.0318 e. The van der Waals surface area contributed by atoms with E-state index in [1.54, 1.807) is 295 Å². The molecule has 8 unspecified atom stereocenters. The molecule has 0 nitrogen and oxygen atoms in total. The summed E-state index contributed by atoms with van der Waals surface area (Å²) in [7, 11) is 0. The molecule has 0 spiro atoms. The summed E-state index contributed by atoms with van der Waals surface area (Å²) in [5.41, 5.74) is 0. The zero-order chi connectivity index (χ0) is 44.1. The lowest BCUT2D eigenvalue weighted by Crippen LogP contribution is -2.55. The summed E-state index contributed by atoms with van der Waals surface area (Å²) in [6.45, 7) is 0. The molecular weight excluding hydrogens is 793 g/mol. The maximum Gasteiger partial charge on any atom is -0.0318 e. The van der Waals surface area contributed by atoms with Gasteiger partial charge in [0.25, 0.3) is 0 Å². The number of rotatable bonds is 10. The van der Waals surface area contributed by atoms with E-state index in [0.717, 1.165) is 118 Å². The molecule has 11 aliphatic rings. The van der Waals surface area contributed by atoms with Gasteiger partial charge in [0.15, 0.2) is 0 Å². The van der Waals surface area contributed by atoms with E-state index in [1.165, 1.54) is 0 Å². The summed E-state index contributed by atoms with van der Waals surface area (Å²) < 4.78 is 0. The second-order valence-electron chi connectivity index (χ2n) is 28.5. The zero-order valence-electron chi connectivity index (χ0n) is 44.1. The van der Waals surface area contributed by atoms with Crippen LogP contribution in [0.1, 0.15) is 295 Å². The summed E-state index contributed by atoms with van der Waals surface area (Å²) in [5.74, 6) is 21.9. The summed E-state index contributed by atoms with van der Waals surface area (Å²) in [6.07, 6.45) is 73.8. The predicted molar refractivity (Wildman–Crippen MR) is 282 cm³/mol. The quantitative estimate of drug-likeness (QED) is 0.205. The van der Waals surface area contributed by atoms with E-state index in [4.69, 9.17) is 0 Å². The third kappa shape index (κ3) is 10.7. The fourth-order valence-electron chi connectivity index (χ4n) is 23.1. The van der Waals surface area contributed by atoms with Gasteiger partial charge in [0, 0.05) is 0 Å². The molecule has 11 saturated carbocycles. The van der Waals surface area contributed by atoms with Crippen molar-refractivity contribution in [3.8, 4) is 0 Å². The second kappa shape index (κ2) is 23.7. The van der Waals surface area contributed by atoms with Crippen LogP contribution >= 0.6 is 0 Å². The monoisotopic (exact) mass is 905 g/mol. The molecule has 11 rings (SSSR count). The van der Waals surface area contributed by atoms with Crippen molar-refractivity contribution in [3.05, 3.63) is 0 Å². The van der Waals surface area contributed by atoms with Crippen LogP contribution in [0.15, 0.2) is 0 Å². The van der Waals surface area contributed by atoms with E-state index in [0.29, 0.717) is 0 Å². The van der Waals surface area contributed by atoms with Crippen molar-refractivity contribution in [3.63, 3.8) is 0 Å². The fraction of sp³-hybridized carbons (Fsp3) is 1.00. The molecule has 11 aliphatic carbocycles. The number of hydrogen-bond acceptors (Lipinski definition) is 0. The van der Waals surface area contributed by atoms with Crippen LogP contribution in [-0.4, -0.2) is 0 Å². The van der Waals surface area contributed by atoms with E-state index in [-0.39, 0.29) is 0 Å². The molecular formula is C66H112. The fourth-order valence-corrected chi connectivity index (χ4v) is 23.1. The molecule has 0 saturated heterocycles. The van der Waals surface area contributed by atoms with E-state index in [1.807, 2.05) is 0 Å². The minimum absolute atomic E-state index is 1.07. The van der Waals surface area contributed by atoms with E-state index < -0.39 is 0 Å². The van der Waals surface area contributed by atoms with E-state index in [9.17, 15) is 0 Å². The van der Waals surface area contributed by atoms with Crippen LogP contribution < -0.4 is 0 Å². The molecule has 0 aliphatic heterocycles. The van der Waals surface area contributed by atoms with Crippen LogP contribution in [0.3, 0.4) is 0 Å². The molecule has 0 amide bonds. The lowest BCUT2D eigenvalue weighted by Gasteiger charge is -2.62. The number of hydrogen-bond donors (Lipinski definition) is 0. The Kier molecular flexibility index (Phi) is 17.3. The predicted octanol–water partition coefficient (Wildman–Crippen LogP) is 20.4. The van der Waals surface area contributed by atoms with Crippen molar-refractivity contribution < 1.29 is 0 Å². The molecule has 0 radical (unpaired) electrons. The van der Waals surface area contributed by atoms with Crippen LogP contribution in [0, 0.1) is 118 Å². The maximum atomic E-state index is 1.71. The molecule has 0 aromatic heterocycles. The molecule has 0 aromatic carbocycles. The molecule has 0 bridgehead atoms. The molecule has 66 heavy (non-hydrogen) atoms. The lowest BCUT2D eigenvalue weighted by molar-refractivity contribution is -0.130. The van der Waals surface area contributed by atoms with Crippen molar-refractivity contribution in [2.75, 3.05) is 0 Å². The Morgan fingerprint density at radius 1 is 0.121 bits per heavy atom. The van der Waals surface area contributed by atoms with Crippen molar-refractivity contribution >= 4 is 0 Å². The normalized spacial score (nSPS) is 42.9. The average Bonchev–Trinajstić information content (AvgIpc) is 3.41. The summed E-state index contributed by atoms with van der Waals surface area (Å²) in [4.78, 5) is 0. The minimum Gasteiger partial charge on any atom is -0.0533 e. The van der Waals surface area contributed by atoms with Crippen LogP contribution in [0.4, 0.5) is 0 Å². The van der Waals surface area contributed by atoms with Gasteiger partial charge in [-0.15, -0.1) is 0 Å². The van der Waals surface area contributed by atoms with Crippen LogP contribution in [0.2, 0.25) is 0 Å². The molecule has 376 valence electrons. The van der Waals surface area contributed by atoms with Gasteiger partial charge in [-0.1, -0.05) is 257 Å². The SMILES string of the molecule is C1CCC(C2CC(C3CCCCC3)C(C3CCCCC3)C(C3CCC(C4C(C5CCCCC5)C(C5CCCCC5)CC(C5CCCCC5)C4C4CCCCC4)CC3)C2C2CCCCC2)CC1. The van der Waals surface area contributed by atoms with Crippen molar-refractivity contribution in [2.24, 2.45) is 118 Å². The Balaban J connectivity index is 0.962.